The molecule has 1 saturated carbocycles. The smallest absolute Gasteiger partial charge is 0.410 e. The Bertz CT molecular complexity index is 1120. The first-order valence-electron chi connectivity index (χ1n) is 12.7. The highest BCUT2D eigenvalue weighted by atomic mass is 19.4. The first kappa shape index (κ1) is 24.8. The van der Waals surface area contributed by atoms with E-state index in [1.807, 2.05) is 4.90 Å². The monoisotopic (exact) mass is 506 g/mol. The normalized spacial score (nSPS) is 28.1. The summed E-state index contributed by atoms with van der Waals surface area (Å²) < 4.78 is 54.1. The Labute approximate surface area is 208 Å². The van der Waals surface area contributed by atoms with Crippen molar-refractivity contribution in [1.82, 2.24) is 14.7 Å². The van der Waals surface area contributed by atoms with Gasteiger partial charge in [0.05, 0.1) is 20.3 Å². The standard InChI is InChI=1S/C26H33F3N4O3/c1-15-10-11-32(20-7-5-4-6-17(15)20)25(34)19-14-24-30-18(13-23(26(27,28)29)33(24)31-19)16-8-9-21(35-2)22(12-16)36-3/h8-9,12,14-15,17-18,20,23,30H,4-7,10-11,13H2,1-3H3/t15-,17-,18-,20-,23+/m0/s1. The largest absolute Gasteiger partial charge is 0.493 e. The molecule has 3 heterocycles. The zero-order valence-electron chi connectivity index (χ0n) is 20.8. The number of halogens is 3. The molecule has 0 bridgehead atoms. The third kappa shape index (κ3) is 4.39. The lowest BCUT2D eigenvalue weighted by Gasteiger charge is -2.47. The van der Waals surface area contributed by atoms with Gasteiger partial charge in [-0.25, -0.2) is 4.68 Å². The fourth-order valence-electron chi connectivity index (χ4n) is 6.28. The number of benzene rings is 1. The average Bonchev–Trinajstić information content (AvgIpc) is 3.31. The molecule has 2 aromatic rings. The van der Waals surface area contributed by atoms with Crippen LogP contribution in [0.1, 0.15) is 73.6 Å². The number of likely N-dealkylation sites (tertiary alicyclic amines) is 1. The van der Waals surface area contributed by atoms with Crippen molar-refractivity contribution >= 4 is 11.7 Å². The van der Waals surface area contributed by atoms with Gasteiger partial charge in [-0.3, -0.25) is 4.79 Å². The van der Waals surface area contributed by atoms with Gasteiger partial charge < -0.3 is 19.7 Å². The second kappa shape index (κ2) is 9.52. The lowest BCUT2D eigenvalue weighted by molar-refractivity contribution is -0.173. The maximum atomic E-state index is 14.2. The fraction of sp³-hybridized carbons (Fsp3) is 0.615. The van der Waals surface area contributed by atoms with E-state index in [0.717, 1.165) is 30.4 Å². The van der Waals surface area contributed by atoms with E-state index in [1.165, 1.54) is 26.7 Å². The summed E-state index contributed by atoms with van der Waals surface area (Å²) in [6.45, 7) is 2.86. The number of piperidine rings is 1. The van der Waals surface area contributed by atoms with Crippen LogP contribution in [0.15, 0.2) is 24.3 Å². The Morgan fingerprint density at radius 2 is 1.83 bits per heavy atom. The molecule has 1 aromatic heterocycles. The van der Waals surface area contributed by atoms with E-state index in [0.29, 0.717) is 35.4 Å². The number of rotatable bonds is 4. The summed E-state index contributed by atoms with van der Waals surface area (Å²) >= 11 is 0. The van der Waals surface area contributed by atoms with Crippen molar-refractivity contribution in [2.24, 2.45) is 11.8 Å². The third-order valence-corrected chi connectivity index (χ3v) is 8.22. The molecule has 196 valence electrons. The van der Waals surface area contributed by atoms with E-state index in [9.17, 15) is 18.0 Å². The molecule has 1 N–H and O–H groups in total. The van der Waals surface area contributed by atoms with Gasteiger partial charge in [-0.1, -0.05) is 25.8 Å². The zero-order valence-corrected chi connectivity index (χ0v) is 20.8. The van der Waals surface area contributed by atoms with Crippen LogP contribution in [0.4, 0.5) is 19.0 Å². The summed E-state index contributed by atoms with van der Waals surface area (Å²) in [5.74, 6) is 1.86. The number of hydrogen-bond acceptors (Lipinski definition) is 5. The van der Waals surface area contributed by atoms with E-state index < -0.39 is 18.3 Å². The number of ether oxygens (including phenoxy) is 2. The molecule has 2 aliphatic heterocycles. The van der Waals surface area contributed by atoms with Crippen LogP contribution in [0.2, 0.25) is 0 Å². The zero-order chi connectivity index (χ0) is 25.6. The molecular formula is C26H33F3N4O3. The van der Waals surface area contributed by atoms with E-state index in [2.05, 4.69) is 17.3 Å². The SMILES string of the molecule is COc1ccc([C@@H]2C[C@H](C(F)(F)F)n3nc(C(=O)N4CC[C@H](C)[C@@H]5CCCC[C@@H]54)cc3N2)cc1OC. The lowest BCUT2D eigenvalue weighted by atomic mass is 9.72. The number of amides is 1. The molecular weight excluding hydrogens is 473 g/mol. The highest BCUT2D eigenvalue weighted by Crippen LogP contribution is 2.45. The van der Waals surface area contributed by atoms with Crippen LogP contribution < -0.4 is 14.8 Å². The third-order valence-electron chi connectivity index (χ3n) is 8.22. The summed E-state index contributed by atoms with van der Waals surface area (Å²) in [5, 5.41) is 7.40. The van der Waals surface area contributed by atoms with Crippen molar-refractivity contribution in [2.45, 2.75) is 69.8 Å². The molecule has 1 amide bonds. The number of nitrogens with one attached hydrogen (secondary N) is 1. The molecule has 10 heteroatoms. The van der Waals surface area contributed by atoms with Gasteiger partial charge in [-0.15, -0.1) is 0 Å². The molecule has 36 heavy (non-hydrogen) atoms. The molecule has 7 nitrogen and oxygen atoms in total. The van der Waals surface area contributed by atoms with Gasteiger partial charge in [0.2, 0.25) is 0 Å². The molecule has 2 fully saturated rings. The maximum absolute atomic E-state index is 14.2. The molecule has 0 spiro atoms. The van der Waals surface area contributed by atoms with Gasteiger partial charge in [0, 0.05) is 25.1 Å². The Balaban J connectivity index is 1.45. The number of hydrogen-bond donors (Lipinski definition) is 1. The van der Waals surface area contributed by atoms with Crippen molar-refractivity contribution in [1.29, 1.82) is 0 Å². The Kier molecular flexibility index (Phi) is 6.55. The van der Waals surface area contributed by atoms with Crippen molar-refractivity contribution in [2.75, 3.05) is 26.1 Å². The fourth-order valence-corrected chi connectivity index (χ4v) is 6.28. The number of aromatic nitrogens is 2. The van der Waals surface area contributed by atoms with Crippen LogP contribution in [0.3, 0.4) is 0 Å². The summed E-state index contributed by atoms with van der Waals surface area (Å²) in [6.07, 6.45) is 0.410. The van der Waals surface area contributed by atoms with Crippen LogP contribution in [0.25, 0.3) is 0 Å². The van der Waals surface area contributed by atoms with E-state index in [4.69, 9.17) is 9.47 Å². The second-order valence-electron chi connectivity index (χ2n) is 10.2. The average molecular weight is 507 g/mol. The maximum Gasteiger partial charge on any atom is 0.410 e. The summed E-state index contributed by atoms with van der Waals surface area (Å²) in [6, 6.07) is 4.21. The minimum atomic E-state index is -4.52. The summed E-state index contributed by atoms with van der Waals surface area (Å²) in [5.41, 5.74) is 0.705. The number of carbonyl (C=O) groups excluding carboxylic acids is 1. The Morgan fingerprint density at radius 3 is 2.56 bits per heavy atom. The van der Waals surface area contributed by atoms with E-state index in [-0.39, 0.29) is 29.9 Å². The topological polar surface area (TPSA) is 68.6 Å². The molecule has 5 atom stereocenters. The van der Waals surface area contributed by atoms with Gasteiger partial charge in [-0.2, -0.15) is 18.3 Å². The van der Waals surface area contributed by atoms with Crippen molar-refractivity contribution < 1.29 is 27.4 Å². The van der Waals surface area contributed by atoms with E-state index >= 15 is 0 Å². The minimum absolute atomic E-state index is 0.0681. The number of methoxy groups -OCH3 is 2. The van der Waals surface area contributed by atoms with Gasteiger partial charge >= 0.3 is 6.18 Å². The molecule has 1 aromatic carbocycles. The molecule has 5 rings (SSSR count). The highest BCUT2D eigenvalue weighted by Gasteiger charge is 2.47. The van der Waals surface area contributed by atoms with Crippen LogP contribution in [-0.4, -0.2) is 53.6 Å². The predicted molar refractivity (Wildman–Crippen MR) is 128 cm³/mol. The molecule has 1 aliphatic carbocycles. The number of alkyl halides is 3. The summed E-state index contributed by atoms with van der Waals surface area (Å²) in [4.78, 5) is 15.4. The van der Waals surface area contributed by atoms with Gasteiger partial charge in [-0.05, 0) is 48.8 Å². The second-order valence-corrected chi connectivity index (χ2v) is 10.2. The number of anilines is 1. The van der Waals surface area contributed by atoms with Crippen LogP contribution in [0, 0.1) is 11.8 Å². The van der Waals surface area contributed by atoms with E-state index in [1.54, 1.807) is 18.2 Å². The van der Waals surface area contributed by atoms with Gasteiger partial charge in [0.1, 0.15) is 5.82 Å². The van der Waals surface area contributed by atoms with Crippen LogP contribution in [-0.2, 0) is 0 Å². The van der Waals surface area contributed by atoms with Crippen molar-refractivity contribution in [3.8, 4) is 11.5 Å². The quantitative estimate of drug-likeness (QED) is 0.585. The first-order valence-corrected chi connectivity index (χ1v) is 12.7. The molecule has 0 unspecified atom stereocenters. The number of fused-ring (bicyclic) bond motifs is 2. The predicted octanol–water partition coefficient (Wildman–Crippen LogP) is 5.60. The van der Waals surface area contributed by atoms with Crippen molar-refractivity contribution in [3.05, 3.63) is 35.5 Å². The Morgan fingerprint density at radius 1 is 1.08 bits per heavy atom. The first-order chi connectivity index (χ1) is 17.2. The number of nitrogens with zero attached hydrogens (tertiary/aromatic N) is 3. The Hall–Kier alpha value is -2.91. The molecule has 1 saturated heterocycles. The van der Waals surface area contributed by atoms with Crippen LogP contribution in [0.5, 0.6) is 11.5 Å². The summed E-state index contributed by atoms with van der Waals surface area (Å²) in [7, 11) is 2.99. The van der Waals surface area contributed by atoms with Crippen molar-refractivity contribution in [3.63, 3.8) is 0 Å². The number of carbonyl (C=O) groups is 1. The van der Waals surface area contributed by atoms with Crippen LogP contribution >= 0.6 is 0 Å². The molecule has 3 aliphatic rings. The molecule has 0 radical (unpaired) electrons. The van der Waals surface area contributed by atoms with Gasteiger partial charge in [0.25, 0.3) is 5.91 Å². The highest BCUT2D eigenvalue weighted by molar-refractivity contribution is 5.93. The van der Waals surface area contributed by atoms with Gasteiger partial charge in [0.15, 0.2) is 23.2 Å². The lowest BCUT2D eigenvalue weighted by Crippen LogP contribution is -2.52. The minimum Gasteiger partial charge on any atom is -0.493 e.